The summed E-state index contributed by atoms with van der Waals surface area (Å²) in [5, 5.41) is 5.80. The van der Waals surface area contributed by atoms with Crippen LogP contribution in [0.1, 0.15) is 30.9 Å². The number of rotatable bonds is 4. The molecule has 4 atom stereocenters. The molecule has 0 bridgehead atoms. The fourth-order valence-corrected chi connectivity index (χ4v) is 5.19. The molecule has 2 aromatic carbocycles. The fraction of sp³-hybridized carbons (Fsp3) is 0.522. The minimum atomic E-state index is 0.0433. The molecule has 2 fully saturated rings. The van der Waals surface area contributed by atoms with Crippen LogP contribution in [-0.2, 0) is 16.1 Å². The molecule has 4 nitrogen and oxygen atoms in total. The first-order chi connectivity index (χ1) is 13.0. The Kier molecular flexibility index (Phi) is 5.20. The monoisotopic (exact) mass is 366 g/mol. The van der Waals surface area contributed by atoms with Crippen molar-refractivity contribution in [1.29, 1.82) is 0 Å². The summed E-state index contributed by atoms with van der Waals surface area (Å²) in [7, 11) is 1.77. The molecule has 0 aromatic heterocycles. The molecule has 2 aliphatic rings. The number of likely N-dealkylation sites (tertiary alicyclic amines) is 1. The number of ether oxygens (including phenoxy) is 1. The molecule has 1 saturated heterocycles. The number of aryl methyl sites for hydroxylation is 1. The third-order valence-corrected chi connectivity index (χ3v) is 6.54. The number of hydrogen-bond acceptors (Lipinski definition) is 3. The van der Waals surface area contributed by atoms with E-state index in [4.69, 9.17) is 4.74 Å². The lowest BCUT2D eigenvalue weighted by atomic mass is 9.77. The summed E-state index contributed by atoms with van der Waals surface area (Å²) in [6.45, 7) is 7.06. The van der Waals surface area contributed by atoms with Crippen LogP contribution in [0.2, 0.25) is 0 Å². The van der Waals surface area contributed by atoms with E-state index in [1.165, 1.54) is 21.9 Å². The van der Waals surface area contributed by atoms with Crippen molar-refractivity contribution in [2.45, 2.75) is 45.4 Å². The van der Waals surface area contributed by atoms with Crippen LogP contribution in [-0.4, -0.2) is 43.2 Å². The molecule has 0 unspecified atom stereocenters. The number of methoxy groups -OCH3 is 1. The molecule has 0 spiro atoms. The highest BCUT2D eigenvalue weighted by atomic mass is 16.5. The highest BCUT2D eigenvalue weighted by Gasteiger charge is 2.42. The number of hydrogen-bond donors (Lipinski definition) is 1. The Morgan fingerprint density at radius 1 is 1.15 bits per heavy atom. The smallest absolute Gasteiger partial charge is 0.217 e. The van der Waals surface area contributed by atoms with Gasteiger partial charge in [0.25, 0.3) is 0 Å². The first kappa shape index (κ1) is 18.5. The minimum Gasteiger partial charge on any atom is -0.379 e. The largest absolute Gasteiger partial charge is 0.379 e. The topological polar surface area (TPSA) is 41.6 Å². The van der Waals surface area contributed by atoms with E-state index in [0.717, 1.165) is 32.5 Å². The summed E-state index contributed by atoms with van der Waals surface area (Å²) >= 11 is 0. The van der Waals surface area contributed by atoms with Gasteiger partial charge in [0.05, 0.1) is 12.1 Å². The highest BCUT2D eigenvalue weighted by Crippen LogP contribution is 2.38. The van der Waals surface area contributed by atoms with E-state index in [0.29, 0.717) is 11.8 Å². The Balaban J connectivity index is 1.51. The first-order valence-electron chi connectivity index (χ1n) is 10.0. The van der Waals surface area contributed by atoms with Crippen molar-refractivity contribution in [1.82, 2.24) is 10.2 Å². The van der Waals surface area contributed by atoms with E-state index in [1.54, 1.807) is 14.0 Å². The molecular weight excluding hydrogens is 336 g/mol. The molecule has 1 heterocycles. The summed E-state index contributed by atoms with van der Waals surface area (Å²) < 4.78 is 5.71. The van der Waals surface area contributed by atoms with Gasteiger partial charge in [0.1, 0.15) is 0 Å². The molecule has 27 heavy (non-hydrogen) atoms. The maximum Gasteiger partial charge on any atom is 0.217 e. The van der Waals surface area contributed by atoms with E-state index in [9.17, 15) is 4.79 Å². The average Bonchev–Trinajstić information content (AvgIpc) is 3.04. The second-order valence-corrected chi connectivity index (χ2v) is 8.35. The Morgan fingerprint density at radius 2 is 1.89 bits per heavy atom. The van der Waals surface area contributed by atoms with Crippen LogP contribution in [0.5, 0.6) is 0 Å². The van der Waals surface area contributed by atoms with Crippen LogP contribution < -0.4 is 5.32 Å². The molecule has 1 amide bonds. The van der Waals surface area contributed by atoms with Crippen molar-refractivity contribution >= 4 is 16.7 Å². The van der Waals surface area contributed by atoms with Gasteiger partial charge in [0.15, 0.2) is 0 Å². The fourth-order valence-electron chi connectivity index (χ4n) is 5.19. The molecular formula is C23H30N2O2. The summed E-state index contributed by atoms with van der Waals surface area (Å²) in [6.07, 6.45) is 2.19. The minimum absolute atomic E-state index is 0.0433. The first-order valence-corrected chi connectivity index (χ1v) is 10.0. The van der Waals surface area contributed by atoms with E-state index in [-0.39, 0.29) is 18.1 Å². The van der Waals surface area contributed by atoms with Crippen LogP contribution in [0.25, 0.3) is 10.8 Å². The van der Waals surface area contributed by atoms with Crippen molar-refractivity contribution in [2.75, 3.05) is 20.2 Å². The Morgan fingerprint density at radius 3 is 2.63 bits per heavy atom. The lowest BCUT2D eigenvalue weighted by molar-refractivity contribution is -0.121. The van der Waals surface area contributed by atoms with Gasteiger partial charge in [-0.2, -0.15) is 0 Å². The molecule has 1 saturated carbocycles. The standard InChI is InChI=1S/C23H30N2O2/c1-15-8-9-17-6-4-5-7-20(17)21(15)14-25-12-18-10-22(24-16(2)26)23(27-3)11-19(18)13-25/h4-9,18-19,22-23H,10-14H2,1-3H3,(H,24,26)/t18-,19+,22-,23-/m1/s1. The van der Waals surface area contributed by atoms with E-state index in [2.05, 4.69) is 53.5 Å². The number of fused-ring (bicyclic) bond motifs is 2. The molecule has 1 aliphatic heterocycles. The van der Waals surface area contributed by atoms with Gasteiger partial charge < -0.3 is 10.1 Å². The zero-order valence-corrected chi connectivity index (χ0v) is 16.6. The molecule has 144 valence electrons. The van der Waals surface area contributed by atoms with Gasteiger partial charge in [0.2, 0.25) is 5.91 Å². The van der Waals surface area contributed by atoms with Crippen LogP contribution in [0, 0.1) is 18.8 Å². The molecule has 2 aromatic rings. The van der Waals surface area contributed by atoms with Gasteiger partial charge in [-0.3, -0.25) is 9.69 Å². The number of amides is 1. The zero-order valence-electron chi connectivity index (χ0n) is 16.6. The van der Waals surface area contributed by atoms with Crippen LogP contribution in [0.3, 0.4) is 0 Å². The average molecular weight is 367 g/mol. The summed E-state index contributed by atoms with van der Waals surface area (Å²) in [6, 6.07) is 13.3. The predicted octanol–water partition coefficient (Wildman–Crippen LogP) is 3.51. The lowest BCUT2D eigenvalue weighted by Gasteiger charge is -2.37. The van der Waals surface area contributed by atoms with Gasteiger partial charge in [-0.05, 0) is 53.5 Å². The van der Waals surface area contributed by atoms with Crippen LogP contribution >= 0.6 is 0 Å². The van der Waals surface area contributed by atoms with Crippen molar-refractivity contribution in [3.05, 3.63) is 47.5 Å². The van der Waals surface area contributed by atoms with E-state index in [1.807, 2.05) is 0 Å². The number of nitrogens with zero attached hydrogens (tertiary/aromatic N) is 1. The maximum absolute atomic E-state index is 11.6. The number of carbonyl (C=O) groups is 1. The molecule has 0 radical (unpaired) electrons. The third-order valence-electron chi connectivity index (χ3n) is 6.54. The Hall–Kier alpha value is -1.91. The molecule has 4 heteroatoms. The summed E-state index contributed by atoms with van der Waals surface area (Å²) in [5.41, 5.74) is 2.82. The number of nitrogens with one attached hydrogen (secondary N) is 1. The number of carbonyl (C=O) groups excluding carboxylic acids is 1. The Labute approximate surface area is 161 Å². The van der Waals surface area contributed by atoms with E-state index >= 15 is 0 Å². The molecule has 4 rings (SSSR count). The predicted molar refractivity (Wildman–Crippen MR) is 109 cm³/mol. The van der Waals surface area contributed by atoms with Gasteiger partial charge in [-0.25, -0.2) is 0 Å². The quantitative estimate of drug-likeness (QED) is 0.900. The normalized spacial score (nSPS) is 28.3. The van der Waals surface area contributed by atoms with Gasteiger partial charge >= 0.3 is 0 Å². The van der Waals surface area contributed by atoms with Crippen molar-refractivity contribution < 1.29 is 9.53 Å². The van der Waals surface area contributed by atoms with Gasteiger partial charge in [0, 0.05) is 33.7 Å². The SMILES string of the molecule is CO[C@@H]1C[C@H]2CN(Cc3c(C)ccc4ccccc34)C[C@H]2C[C@H]1NC(C)=O. The second-order valence-electron chi connectivity index (χ2n) is 8.35. The van der Waals surface area contributed by atoms with Crippen molar-refractivity contribution in [3.63, 3.8) is 0 Å². The zero-order chi connectivity index (χ0) is 19.0. The van der Waals surface area contributed by atoms with Crippen LogP contribution in [0.15, 0.2) is 36.4 Å². The molecule has 1 N–H and O–H groups in total. The Bertz CT molecular complexity index is 834. The van der Waals surface area contributed by atoms with Crippen molar-refractivity contribution in [2.24, 2.45) is 11.8 Å². The van der Waals surface area contributed by atoms with Gasteiger partial charge in [-0.1, -0.05) is 36.4 Å². The maximum atomic E-state index is 11.6. The van der Waals surface area contributed by atoms with Crippen molar-refractivity contribution in [3.8, 4) is 0 Å². The molecule has 1 aliphatic carbocycles. The van der Waals surface area contributed by atoms with Crippen LogP contribution in [0.4, 0.5) is 0 Å². The summed E-state index contributed by atoms with van der Waals surface area (Å²) in [4.78, 5) is 14.2. The highest BCUT2D eigenvalue weighted by molar-refractivity contribution is 5.86. The second kappa shape index (κ2) is 7.61. The van der Waals surface area contributed by atoms with Gasteiger partial charge in [-0.15, -0.1) is 0 Å². The summed E-state index contributed by atoms with van der Waals surface area (Å²) in [5.74, 6) is 1.35. The van der Waals surface area contributed by atoms with E-state index < -0.39 is 0 Å². The lowest BCUT2D eigenvalue weighted by Crippen LogP contribution is -2.49. The number of benzene rings is 2. The third kappa shape index (κ3) is 3.74.